The Bertz CT molecular complexity index is 284. The highest BCUT2D eigenvalue weighted by Crippen LogP contribution is 2.01. The van der Waals surface area contributed by atoms with Gasteiger partial charge in [-0.15, -0.1) is 0 Å². The molecule has 84 valence electrons. The van der Waals surface area contributed by atoms with Crippen LogP contribution in [-0.4, -0.2) is 31.3 Å². The van der Waals surface area contributed by atoms with Gasteiger partial charge in [-0.05, 0) is 19.3 Å². The summed E-state index contributed by atoms with van der Waals surface area (Å²) in [7, 11) is -3.70. The van der Waals surface area contributed by atoms with Crippen molar-refractivity contribution in [3.05, 3.63) is 0 Å². The van der Waals surface area contributed by atoms with Crippen molar-refractivity contribution in [1.82, 2.24) is 4.72 Å². The molecule has 0 aromatic heterocycles. The molecule has 0 spiro atoms. The SMILES string of the molecule is CC(C)CCNS(=O)(=O)C(C)C(=O)O. The van der Waals surface area contributed by atoms with Gasteiger partial charge in [0.2, 0.25) is 10.0 Å². The summed E-state index contributed by atoms with van der Waals surface area (Å²) >= 11 is 0. The minimum atomic E-state index is -3.70. The molecule has 0 saturated heterocycles. The molecule has 0 aliphatic rings. The molecule has 0 aliphatic heterocycles. The number of carboxylic acids is 1. The van der Waals surface area contributed by atoms with Gasteiger partial charge >= 0.3 is 5.97 Å². The molecule has 6 heteroatoms. The smallest absolute Gasteiger partial charge is 0.323 e. The van der Waals surface area contributed by atoms with Crippen molar-refractivity contribution in [2.45, 2.75) is 32.4 Å². The summed E-state index contributed by atoms with van der Waals surface area (Å²) in [6.45, 7) is 5.38. The summed E-state index contributed by atoms with van der Waals surface area (Å²) in [4.78, 5) is 10.4. The maximum Gasteiger partial charge on any atom is 0.323 e. The maximum absolute atomic E-state index is 11.3. The fraction of sp³-hybridized carbons (Fsp3) is 0.875. The van der Waals surface area contributed by atoms with Crippen LogP contribution in [-0.2, 0) is 14.8 Å². The molecular formula is C8H17NO4S. The summed E-state index contributed by atoms with van der Waals surface area (Å²) in [5, 5.41) is 7.11. The lowest BCUT2D eigenvalue weighted by atomic mass is 10.1. The Morgan fingerprint density at radius 2 is 1.86 bits per heavy atom. The van der Waals surface area contributed by atoms with Gasteiger partial charge in [-0.1, -0.05) is 13.8 Å². The van der Waals surface area contributed by atoms with Crippen LogP contribution in [0.1, 0.15) is 27.2 Å². The minimum Gasteiger partial charge on any atom is -0.480 e. The molecule has 0 amide bonds. The quantitative estimate of drug-likeness (QED) is 0.683. The number of sulfonamides is 1. The lowest BCUT2D eigenvalue weighted by molar-refractivity contribution is -0.136. The summed E-state index contributed by atoms with van der Waals surface area (Å²) < 4.78 is 24.8. The first-order chi connectivity index (χ1) is 6.27. The second kappa shape index (κ2) is 5.31. The highest BCUT2D eigenvalue weighted by molar-refractivity contribution is 7.90. The van der Waals surface area contributed by atoms with Crippen LogP contribution in [0.15, 0.2) is 0 Å². The second-order valence-corrected chi connectivity index (χ2v) is 5.69. The highest BCUT2D eigenvalue weighted by atomic mass is 32.2. The Morgan fingerprint density at radius 1 is 1.36 bits per heavy atom. The lowest BCUT2D eigenvalue weighted by Crippen LogP contribution is -2.38. The van der Waals surface area contributed by atoms with Crippen LogP contribution in [0.5, 0.6) is 0 Å². The number of carboxylic acid groups (broad SMARTS) is 1. The van der Waals surface area contributed by atoms with Gasteiger partial charge in [0.1, 0.15) is 0 Å². The molecule has 0 fully saturated rings. The molecule has 1 atom stereocenters. The molecule has 0 bridgehead atoms. The van der Waals surface area contributed by atoms with Crippen molar-refractivity contribution in [2.24, 2.45) is 5.92 Å². The third-order valence-corrected chi connectivity index (χ3v) is 3.58. The van der Waals surface area contributed by atoms with E-state index in [1.165, 1.54) is 0 Å². The summed E-state index contributed by atoms with van der Waals surface area (Å²) in [6.07, 6.45) is 0.700. The first kappa shape index (κ1) is 13.4. The molecule has 1 unspecified atom stereocenters. The molecule has 2 N–H and O–H groups in total. The number of nitrogens with one attached hydrogen (secondary N) is 1. The topological polar surface area (TPSA) is 83.5 Å². The van der Waals surface area contributed by atoms with Crippen LogP contribution in [0, 0.1) is 5.92 Å². The number of aliphatic carboxylic acids is 1. The zero-order valence-corrected chi connectivity index (χ0v) is 9.47. The van der Waals surface area contributed by atoms with Gasteiger partial charge in [-0.2, -0.15) is 0 Å². The largest absolute Gasteiger partial charge is 0.480 e. The zero-order chi connectivity index (χ0) is 11.4. The van der Waals surface area contributed by atoms with Crippen LogP contribution in [0.2, 0.25) is 0 Å². The molecule has 14 heavy (non-hydrogen) atoms. The predicted molar refractivity (Wildman–Crippen MR) is 53.5 cm³/mol. The molecular weight excluding hydrogens is 206 g/mol. The minimum absolute atomic E-state index is 0.289. The number of hydrogen-bond acceptors (Lipinski definition) is 3. The van der Waals surface area contributed by atoms with E-state index >= 15 is 0 Å². The van der Waals surface area contributed by atoms with E-state index in [4.69, 9.17) is 5.11 Å². The van der Waals surface area contributed by atoms with Gasteiger partial charge in [0.25, 0.3) is 0 Å². The third-order valence-electron chi connectivity index (χ3n) is 1.84. The van der Waals surface area contributed by atoms with Crippen LogP contribution in [0.3, 0.4) is 0 Å². The van der Waals surface area contributed by atoms with E-state index in [0.29, 0.717) is 12.3 Å². The van der Waals surface area contributed by atoms with Gasteiger partial charge in [0, 0.05) is 6.54 Å². The number of carbonyl (C=O) groups is 1. The highest BCUT2D eigenvalue weighted by Gasteiger charge is 2.26. The molecule has 0 aromatic carbocycles. The van der Waals surface area contributed by atoms with Crippen molar-refractivity contribution in [1.29, 1.82) is 0 Å². The normalized spacial score (nSPS) is 14.3. The maximum atomic E-state index is 11.3. The summed E-state index contributed by atoms with van der Waals surface area (Å²) in [5.41, 5.74) is 0. The fourth-order valence-corrected chi connectivity index (χ4v) is 1.67. The van der Waals surface area contributed by atoms with Crippen LogP contribution < -0.4 is 4.72 Å². The Kier molecular flexibility index (Phi) is 5.07. The first-order valence-electron chi connectivity index (χ1n) is 4.48. The van der Waals surface area contributed by atoms with Gasteiger partial charge in [-0.25, -0.2) is 13.1 Å². The van der Waals surface area contributed by atoms with Crippen molar-refractivity contribution in [2.75, 3.05) is 6.54 Å². The van der Waals surface area contributed by atoms with E-state index in [9.17, 15) is 13.2 Å². The molecule has 0 heterocycles. The fourth-order valence-electron chi connectivity index (χ4n) is 0.748. The first-order valence-corrected chi connectivity index (χ1v) is 6.03. The molecule has 0 aliphatic carbocycles. The number of hydrogen-bond donors (Lipinski definition) is 2. The Morgan fingerprint density at radius 3 is 2.21 bits per heavy atom. The van der Waals surface area contributed by atoms with Gasteiger partial charge < -0.3 is 5.11 Å². The Balaban J connectivity index is 4.16. The van der Waals surface area contributed by atoms with E-state index in [2.05, 4.69) is 4.72 Å². The monoisotopic (exact) mass is 223 g/mol. The van der Waals surface area contributed by atoms with Gasteiger partial charge in [0.15, 0.2) is 5.25 Å². The van der Waals surface area contributed by atoms with Crippen LogP contribution in [0.25, 0.3) is 0 Å². The van der Waals surface area contributed by atoms with Crippen molar-refractivity contribution < 1.29 is 18.3 Å². The van der Waals surface area contributed by atoms with Crippen molar-refractivity contribution in [3.63, 3.8) is 0 Å². The molecule has 5 nitrogen and oxygen atoms in total. The zero-order valence-electron chi connectivity index (χ0n) is 8.65. The van der Waals surface area contributed by atoms with E-state index < -0.39 is 21.2 Å². The van der Waals surface area contributed by atoms with Gasteiger partial charge in [0.05, 0.1) is 0 Å². The molecule has 0 rings (SSSR count). The number of rotatable bonds is 6. The summed E-state index contributed by atoms with van der Waals surface area (Å²) in [6, 6.07) is 0. The summed E-state index contributed by atoms with van der Waals surface area (Å²) in [5.74, 6) is -0.945. The predicted octanol–water partition coefficient (Wildman–Crippen LogP) is 0.425. The van der Waals surface area contributed by atoms with Crippen LogP contribution in [0.4, 0.5) is 0 Å². The average molecular weight is 223 g/mol. The molecule has 0 radical (unpaired) electrons. The standard InChI is InChI=1S/C8H17NO4S/c1-6(2)4-5-9-14(12,13)7(3)8(10)11/h6-7,9H,4-5H2,1-3H3,(H,10,11). The van der Waals surface area contributed by atoms with Crippen molar-refractivity contribution in [3.8, 4) is 0 Å². The van der Waals surface area contributed by atoms with E-state index in [1.807, 2.05) is 13.8 Å². The second-order valence-electron chi connectivity index (χ2n) is 3.60. The Hall–Kier alpha value is -0.620. The molecule has 0 saturated carbocycles. The molecule has 0 aromatic rings. The van der Waals surface area contributed by atoms with E-state index in [-0.39, 0.29) is 6.54 Å². The average Bonchev–Trinajstić information content (AvgIpc) is 2.01. The third kappa shape index (κ3) is 4.57. The van der Waals surface area contributed by atoms with E-state index in [0.717, 1.165) is 6.92 Å². The van der Waals surface area contributed by atoms with Crippen molar-refractivity contribution >= 4 is 16.0 Å². The Labute approximate surface area is 84.6 Å². The van der Waals surface area contributed by atoms with E-state index in [1.54, 1.807) is 0 Å². The van der Waals surface area contributed by atoms with Crippen LogP contribution >= 0.6 is 0 Å². The van der Waals surface area contributed by atoms with Gasteiger partial charge in [-0.3, -0.25) is 4.79 Å². The lowest BCUT2D eigenvalue weighted by Gasteiger charge is -2.10.